The molecule has 1 saturated heterocycles. The number of hydrogen-bond donors (Lipinski definition) is 0. The van der Waals surface area contributed by atoms with Gasteiger partial charge in [0.05, 0.1) is 5.02 Å². The van der Waals surface area contributed by atoms with Gasteiger partial charge in [-0.15, -0.1) is 11.8 Å². The Hall–Kier alpha value is -1.20. The lowest BCUT2D eigenvalue weighted by Gasteiger charge is -2.34. The normalized spacial score (nSPS) is 15.9. The summed E-state index contributed by atoms with van der Waals surface area (Å²) in [7, 11) is 0. The number of para-hydroxylation sites is 1. The van der Waals surface area contributed by atoms with Crippen LogP contribution in [-0.4, -0.2) is 61.4 Å². The SMILES string of the molecule is Clc1ccccc1SCCCN1CCN(CCOc2ccccc2)CC1. The van der Waals surface area contributed by atoms with E-state index >= 15 is 0 Å². The van der Waals surface area contributed by atoms with Crippen LogP contribution in [0, 0.1) is 0 Å². The second-order valence-corrected chi connectivity index (χ2v) is 8.02. The number of rotatable bonds is 9. The number of ether oxygens (including phenoxy) is 1. The van der Waals surface area contributed by atoms with Crippen LogP contribution < -0.4 is 4.74 Å². The van der Waals surface area contributed by atoms with E-state index in [2.05, 4.69) is 21.9 Å². The van der Waals surface area contributed by atoms with Gasteiger partial charge in [-0.2, -0.15) is 0 Å². The van der Waals surface area contributed by atoms with E-state index in [9.17, 15) is 0 Å². The van der Waals surface area contributed by atoms with Gasteiger partial charge in [0.15, 0.2) is 0 Å². The summed E-state index contributed by atoms with van der Waals surface area (Å²) in [6, 6.07) is 18.2. The summed E-state index contributed by atoms with van der Waals surface area (Å²) >= 11 is 8.06. The third kappa shape index (κ3) is 6.51. The highest BCUT2D eigenvalue weighted by Gasteiger charge is 2.16. The van der Waals surface area contributed by atoms with Crippen LogP contribution in [0.25, 0.3) is 0 Å². The first-order valence-electron chi connectivity index (χ1n) is 9.31. The van der Waals surface area contributed by atoms with Gasteiger partial charge in [-0.25, -0.2) is 0 Å². The molecule has 0 aromatic heterocycles. The smallest absolute Gasteiger partial charge is 0.119 e. The molecule has 0 bridgehead atoms. The van der Waals surface area contributed by atoms with Crippen molar-refractivity contribution in [3.8, 4) is 5.75 Å². The van der Waals surface area contributed by atoms with Gasteiger partial charge in [-0.1, -0.05) is 41.9 Å². The minimum Gasteiger partial charge on any atom is -0.492 e. The fourth-order valence-corrected chi connectivity index (χ4v) is 4.25. The van der Waals surface area contributed by atoms with Crippen LogP contribution in [0.4, 0.5) is 0 Å². The van der Waals surface area contributed by atoms with Crippen molar-refractivity contribution in [1.29, 1.82) is 0 Å². The van der Waals surface area contributed by atoms with Crippen LogP contribution in [0.2, 0.25) is 5.02 Å². The van der Waals surface area contributed by atoms with E-state index in [0.29, 0.717) is 0 Å². The van der Waals surface area contributed by atoms with Crippen LogP contribution in [0.5, 0.6) is 5.75 Å². The molecule has 5 heteroatoms. The first-order valence-corrected chi connectivity index (χ1v) is 10.7. The predicted molar refractivity (Wildman–Crippen MR) is 112 cm³/mol. The Labute approximate surface area is 166 Å². The van der Waals surface area contributed by atoms with E-state index in [1.54, 1.807) is 0 Å². The molecule has 1 heterocycles. The van der Waals surface area contributed by atoms with Crippen LogP contribution >= 0.6 is 23.4 Å². The molecule has 0 N–H and O–H groups in total. The van der Waals surface area contributed by atoms with Crippen molar-refractivity contribution in [2.45, 2.75) is 11.3 Å². The summed E-state index contributed by atoms with van der Waals surface area (Å²) in [6.45, 7) is 7.52. The van der Waals surface area contributed by atoms with Gasteiger partial charge in [0.25, 0.3) is 0 Å². The van der Waals surface area contributed by atoms with Gasteiger partial charge in [-0.3, -0.25) is 4.90 Å². The van der Waals surface area contributed by atoms with Crippen molar-refractivity contribution < 1.29 is 4.74 Å². The average Bonchev–Trinajstić information content (AvgIpc) is 2.68. The van der Waals surface area contributed by atoms with Gasteiger partial charge < -0.3 is 9.64 Å². The van der Waals surface area contributed by atoms with Crippen LogP contribution in [-0.2, 0) is 0 Å². The molecule has 0 amide bonds. The predicted octanol–water partition coefficient (Wildman–Crippen LogP) is 4.52. The zero-order chi connectivity index (χ0) is 18.0. The fourth-order valence-electron chi connectivity index (χ4n) is 3.08. The van der Waals surface area contributed by atoms with E-state index in [0.717, 1.165) is 55.9 Å². The standard InChI is InChI=1S/C21H27ClN2OS/c22-20-9-4-5-10-21(20)26-18-6-11-23-12-14-24(15-13-23)16-17-25-19-7-2-1-3-8-19/h1-5,7-10H,6,11-18H2. The van der Waals surface area contributed by atoms with Crippen LogP contribution in [0.15, 0.2) is 59.5 Å². The van der Waals surface area contributed by atoms with Crippen LogP contribution in [0.1, 0.15) is 6.42 Å². The molecule has 1 aliphatic heterocycles. The van der Waals surface area contributed by atoms with E-state index in [1.807, 2.05) is 54.2 Å². The highest BCUT2D eigenvalue weighted by molar-refractivity contribution is 7.99. The third-order valence-electron chi connectivity index (χ3n) is 4.60. The molecule has 0 aliphatic carbocycles. The molecule has 0 unspecified atom stereocenters. The zero-order valence-corrected chi connectivity index (χ0v) is 16.7. The van der Waals surface area contributed by atoms with Gasteiger partial charge in [0.1, 0.15) is 12.4 Å². The highest BCUT2D eigenvalue weighted by atomic mass is 35.5. The molecular formula is C21H27ClN2OS. The molecule has 0 saturated carbocycles. The third-order valence-corrected chi connectivity index (χ3v) is 6.20. The quantitative estimate of drug-likeness (QED) is 0.462. The number of hydrogen-bond acceptors (Lipinski definition) is 4. The van der Waals surface area contributed by atoms with E-state index in [-0.39, 0.29) is 0 Å². The van der Waals surface area contributed by atoms with Crippen molar-refractivity contribution in [2.75, 3.05) is 51.6 Å². The van der Waals surface area contributed by atoms with Gasteiger partial charge in [0.2, 0.25) is 0 Å². The fraction of sp³-hybridized carbons (Fsp3) is 0.429. The van der Waals surface area contributed by atoms with Gasteiger partial charge in [0, 0.05) is 37.6 Å². The minimum atomic E-state index is 0.762. The lowest BCUT2D eigenvalue weighted by Crippen LogP contribution is -2.47. The molecule has 3 nitrogen and oxygen atoms in total. The zero-order valence-electron chi connectivity index (χ0n) is 15.1. The molecule has 0 radical (unpaired) electrons. The number of halogens is 1. The van der Waals surface area contributed by atoms with Crippen molar-refractivity contribution in [3.05, 3.63) is 59.6 Å². The maximum absolute atomic E-state index is 6.20. The van der Waals surface area contributed by atoms with E-state index in [1.165, 1.54) is 17.9 Å². The maximum atomic E-state index is 6.20. The molecule has 0 spiro atoms. The summed E-state index contributed by atoms with van der Waals surface area (Å²) in [4.78, 5) is 6.26. The van der Waals surface area contributed by atoms with Crippen LogP contribution in [0.3, 0.4) is 0 Å². The number of piperazine rings is 1. The molecular weight excluding hydrogens is 364 g/mol. The Bertz CT molecular complexity index is 647. The second kappa shape index (κ2) is 10.8. The Morgan fingerprint density at radius 1 is 0.846 bits per heavy atom. The lowest BCUT2D eigenvalue weighted by molar-refractivity contribution is 0.117. The average molecular weight is 391 g/mol. The lowest BCUT2D eigenvalue weighted by atomic mass is 10.3. The molecule has 3 rings (SSSR count). The summed E-state index contributed by atoms with van der Waals surface area (Å²) < 4.78 is 5.80. The topological polar surface area (TPSA) is 15.7 Å². The van der Waals surface area contributed by atoms with Gasteiger partial charge >= 0.3 is 0 Å². The first kappa shape index (κ1) is 19.6. The number of thioether (sulfide) groups is 1. The number of nitrogens with zero attached hydrogens (tertiary/aromatic N) is 2. The summed E-state index contributed by atoms with van der Waals surface area (Å²) in [6.07, 6.45) is 1.20. The summed E-state index contributed by atoms with van der Waals surface area (Å²) in [5.74, 6) is 2.08. The molecule has 1 fully saturated rings. The summed E-state index contributed by atoms with van der Waals surface area (Å²) in [5.41, 5.74) is 0. The minimum absolute atomic E-state index is 0.762. The Balaban J connectivity index is 1.25. The second-order valence-electron chi connectivity index (χ2n) is 6.48. The Kier molecular flexibility index (Phi) is 8.15. The monoisotopic (exact) mass is 390 g/mol. The first-order chi connectivity index (χ1) is 12.8. The van der Waals surface area contributed by atoms with Crippen molar-refractivity contribution in [1.82, 2.24) is 9.80 Å². The highest BCUT2D eigenvalue weighted by Crippen LogP contribution is 2.26. The van der Waals surface area contributed by atoms with E-state index in [4.69, 9.17) is 16.3 Å². The van der Waals surface area contributed by atoms with Crippen molar-refractivity contribution in [2.24, 2.45) is 0 Å². The van der Waals surface area contributed by atoms with Crippen molar-refractivity contribution in [3.63, 3.8) is 0 Å². The largest absolute Gasteiger partial charge is 0.492 e. The maximum Gasteiger partial charge on any atom is 0.119 e. The Morgan fingerprint density at radius 2 is 1.50 bits per heavy atom. The summed E-state index contributed by atoms with van der Waals surface area (Å²) in [5, 5.41) is 0.865. The van der Waals surface area contributed by atoms with Gasteiger partial charge in [-0.05, 0) is 43.0 Å². The molecule has 0 atom stereocenters. The Morgan fingerprint density at radius 3 is 2.23 bits per heavy atom. The molecule has 26 heavy (non-hydrogen) atoms. The number of benzene rings is 2. The molecule has 1 aliphatic rings. The molecule has 140 valence electrons. The van der Waals surface area contributed by atoms with E-state index < -0.39 is 0 Å². The van der Waals surface area contributed by atoms with Crippen molar-refractivity contribution >= 4 is 23.4 Å². The molecule has 2 aromatic rings. The molecule has 2 aromatic carbocycles.